The SMILES string of the molecule is C=CCc1cc[c]cc1.[NaH]. The maximum absolute atomic E-state index is 3.65. The van der Waals surface area contributed by atoms with Gasteiger partial charge in [0.25, 0.3) is 0 Å². The van der Waals surface area contributed by atoms with E-state index in [9.17, 15) is 0 Å². The van der Waals surface area contributed by atoms with Crippen molar-refractivity contribution in [3.8, 4) is 0 Å². The Bertz CT molecular complexity index is 179. The average Bonchev–Trinajstić information content (AvgIpc) is 1.91. The molecular weight excluding hydrogens is 131 g/mol. The summed E-state index contributed by atoms with van der Waals surface area (Å²) in [5, 5.41) is 0. The number of hydrogen-bond donors (Lipinski definition) is 0. The fourth-order valence-corrected chi connectivity index (χ4v) is 0.724. The van der Waals surface area contributed by atoms with E-state index in [1.54, 1.807) is 0 Å². The van der Waals surface area contributed by atoms with Crippen molar-refractivity contribution in [2.45, 2.75) is 6.42 Å². The standard InChI is InChI=1S/C9H9.Na.H/c1-2-6-9-7-4-3-5-8-9;;/h2,4-5,7-8H,1,6H2;;. The van der Waals surface area contributed by atoms with Crippen LogP contribution in [0.4, 0.5) is 0 Å². The fourth-order valence-electron chi connectivity index (χ4n) is 0.724. The van der Waals surface area contributed by atoms with Gasteiger partial charge in [-0.15, -0.1) is 6.58 Å². The van der Waals surface area contributed by atoms with E-state index >= 15 is 0 Å². The molecule has 0 nitrogen and oxygen atoms in total. The van der Waals surface area contributed by atoms with E-state index in [1.807, 2.05) is 30.3 Å². The molecule has 47 valence electrons. The Hall–Kier alpha value is -0.0400. The first-order valence-electron chi connectivity index (χ1n) is 2.99. The summed E-state index contributed by atoms with van der Waals surface area (Å²) in [6.45, 7) is 3.65. The van der Waals surface area contributed by atoms with Crippen molar-refractivity contribution in [2.75, 3.05) is 0 Å². The molecule has 1 aromatic rings. The first kappa shape index (κ1) is 9.96. The summed E-state index contributed by atoms with van der Waals surface area (Å²) >= 11 is 0. The van der Waals surface area contributed by atoms with Crippen LogP contribution in [0.5, 0.6) is 0 Å². The van der Waals surface area contributed by atoms with Crippen molar-refractivity contribution in [3.63, 3.8) is 0 Å². The first-order valence-corrected chi connectivity index (χ1v) is 2.99. The van der Waals surface area contributed by atoms with Gasteiger partial charge in [0.15, 0.2) is 0 Å². The molecule has 0 saturated carbocycles. The summed E-state index contributed by atoms with van der Waals surface area (Å²) in [4.78, 5) is 0. The molecule has 10 heavy (non-hydrogen) atoms. The molecule has 1 rings (SSSR count). The number of rotatable bonds is 2. The molecule has 1 aromatic carbocycles. The van der Waals surface area contributed by atoms with Crippen LogP contribution in [-0.4, -0.2) is 29.6 Å². The van der Waals surface area contributed by atoms with Gasteiger partial charge in [0.05, 0.1) is 0 Å². The zero-order chi connectivity index (χ0) is 6.53. The zero-order valence-corrected chi connectivity index (χ0v) is 5.30. The molecule has 0 fully saturated rings. The third-order valence-corrected chi connectivity index (χ3v) is 1.17. The van der Waals surface area contributed by atoms with Crippen molar-refractivity contribution in [2.24, 2.45) is 0 Å². The van der Waals surface area contributed by atoms with E-state index in [1.165, 1.54) is 5.56 Å². The van der Waals surface area contributed by atoms with Crippen LogP contribution in [-0.2, 0) is 6.42 Å². The van der Waals surface area contributed by atoms with Gasteiger partial charge in [0.1, 0.15) is 0 Å². The molecule has 0 amide bonds. The Morgan fingerprint density at radius 3 is 2.50 bits per heavy atom. The van der Waals surface area contributed by atoms with Crippen molar-refractivity contribution >= 4 is 29.6 Å². The molecule has 0 aliphatic carbocycles. The molecule has 0 N–H and O–H groups in total. The van der Waals surface area contributed by atoms with E-state index in [0.717, 1.165) is 6.42 Å². The predicted octanol–water partition coefficient (Wildman–Crippen LogP) is 1.57. The van der Waals surface area contributed by atoms with Gasteiger partial charge in [-0.05, 0) is 18.1 Å². The zero-order valence-electron chi connectivity index (χ0n) is 5.30. The Kier molecular flexibility index (Phi) is 5.70. The van der Waals surface area contributed by atoms with Gasteiger partial charge >= 0.3 is 29.6 Å². The molecule has 0 aromatic heterocycles. The van der Waals surface area contributed by atoms with Gasteiger partial charge in [-0.2, -0.15) is 0 Å². The Morgan fingerprint density at radius 1 is 1.40 bits per heavy atom. The number of allylic oxidation sites excluding steroid dienone is 1. The molecule has 1 heteroatoms. The van der Waals surface area contributed by atoms with E-state index in [2.05, 4.69) is 12.6 Å². The van der Waals surface area contributed by atoms with Gasteiger partial charge < -0.3 is 0 Å². The summed E-state index contributed by atoms with van der Waals surface area (Å²) in [6, 6.07) is 10.9. The van der Waals surface area contributed by atoms with Crippen LogP contribution in [0.2, 0.25) is 0 Å². The Labute approximate surface area is 84.3 Å². The van der Waals surface area contributed by atoms with E-state index in [0.29, 0.717) is 0 Å². The Morgan fingerprint density at radius 2 is 2.00 bits per heavy atom. The van der Waals surface area contributed by atoms with Gasteiger partial charge in [-0.1, -0.05) is 30.3 Å². The summed E-state index contributed by atoms with van der Waals surface area (Å²) in [5.41, 5.74) is 1.30. The maximum atomic E-state index is 3.65. The van der Waals surface area contributed by atoms with Crippen molar-refractivity contribution in [1.82, 2.24) is 0 Å². The van der Waals surface area contributed by atoms with Crippen LogP contribution < -0.4 is 0 Å². The van der Waals surface area contributed by atoms with E-state index in [4.69, 9.17) is 0 Å². The summed E-state index contributed by atoms with van der Waals surface area (Å²) in [7, 11) is 0. The van der Waals surface area contributed by atoms with Crippen molar-refractivity contribution in [1.29, 1.82) is 0 Å². The van der Waals surface area contributed by atoms with E-state index in [-0.39, 0.29) is 29.6 Å². The normalized spacial score (nSPS) is 8.00. The predicted molar refractivity (Wildman–Crippen MR) is 46.3 cm³/mol. The molecule has 0 bridgehead atoms. The molecule has 0 aliphatic rings. The van der Waals surface area contributed by atoms with Crippen LogP contribution in [0.25, 0.3) is 0 Å². The summed E-state index contributed by atoms with van der Waals surface area (Å²) in [6.07, 6.45) is 2.85. The van der Waals surface area contributed by atoms with Crippen LogP contribution in [0, 0.1) is 6.07 Å². The molecule has 0 atom stereocenters. The molecule has 0 heterocycles. The quantitative estimate of drug-likeness (QED) is 0.433. The van der Waals surface area contributed by atoms with Crippen LogP contribution in [0.3, 0.4) is 0 Å². The molecule has 1 radical (unpaired) electrons. The van der Waals surface area contributed by atoms with Crippen molar-refractivity contribution < 1.29 is 0 Å². The van der Waals surface area contributed by atoms with Crippen LogP contribution in [0.15, 0.2) is 36.9 Å². The number of hydrogen-bond acceptors (Lipinski definition) is 0. The van der Waals surface area contributed by atoms with E-state index < -0.39 is 0 Å². The third kappa shape index (κ3) is 3.21. The van der Waals surface area contributed by atoms with Crippen molar-refractivity contribution in [3.05, 3.63) is 48.6 Å². The first-order chi connectivity index (χ1) is 4.43. The number of benzene rings is 1. The summed E-state index contributed by atoms with van der Waals surface area (Å²) < 4.78 is 0. The topological polar surface area (TPSA) is 0 Å². The average molecular weight is 141 g/mol. The minimum absolute atomic E-state index is 0. The molecule has 0 spiro atoms. The minimum atomic E-state index is 0. The van der Waals surface area contributed by atoms with Crippen LogP contribution >= 0.6 is 0 Å². The van der Waals surface area contributed by atoms with Gasteiger partial charge in [0.2, 0.25) is 0 Å². The molecule has 0 aliphatic heterocycles. The third-order valence-electron chi connectivity index (χ3n) is 1.17. The monoisotopic (exact) mass is 141 g/mol. The second kappa shape index (κ2) is 5.72. The molecular formula is C9H10Na. The fraction of sp³-hybridized carbons (Fsp3) is 0.111. The second-order valence-electron chi connectivity index (χ2n) is 1.90. The van der Waals surface area contributed by atoms with Gasteiger partial charge in [-0.3, -0.25) is 0 Å². The van der Waals surface area contributed by atoms with Gasteiger partial charge in [0, 0.05) is 0 Å². The molecule has 0 unspecified atom stereocenters. The molecule has 0 saturated heterocycles. The summed E-state index contributed by atoms with van der Waals surface area (Å²) in [5.74, 6) is 0. The Balaban J connectivity index is 0.000000810. The second-order valence-corrected chi connectivity index (χ2v) is 1.90. The van der Waals surface area contributed by atoms with Crippen LogP contribution in [0.1, 0.15) is 5.56 Å². The van der Waals surface area contributed by atoms with Gasteiger partial charge in [-0.25, -0.2) is 0 Å².